The Morgan fingerprint density at radius 2 is 1.76 bits per heavy atom. The van der Waals surface area contributed by atoms with Gasteiger partial charge in [-0.3, -0.25) is 4.79 Å². The highest BCUT2D eigenvalue weighted by atomic mass is 16.5. The van der Waals surface area contributed by atoms with Gasteiger partial charge in [0.1, 0.15) is 0 Å². The molecule has 29 heavy (non-hydrogen) atoms. The number of anilines is 1. The summed E-state index contributed by atoms with van der Waals surface area (Å²) in [6.07, 6.45) is 4.85. The van der Waals surface area contributed by atoms with Crippen molar-refractivity contribution >= 4 is 11.6 Å². The third-order valence-corrected chi connectivity index (χ3v) is 5.61. The molecule has 1 aromatic heterocycles. The molecule has 5 heteroatoms. The largest absolute Gasteiger partial charge is 0.334 e. The van der Waals surface area contributed by atoms with Gasteiger partial charge in [0.05, 0.1) is 0 Å². The summed E-state index contributed by atoms with van der Waals surface area (Å²) < 4.78 is 5.48. The van der Waals surface area contributed by atoms with Crippen molar-refractivity contribution in [3.05, 3.63) is 65.5 Å². The van der Waals surface area contributed by atoms with E-state index in [-0.39, 0.29) is 11.8 Å². The lowest BCUT2D eigenvalue weighted by atomic mass is 10.1. The molecule has 0 spiro atoms. The maximum absolute atomic E-state index is 12.6. The van der Waals surface area contributed by atoms with Crippen LogP contribution in [-0.4, -0.2) is 22.6 Å². The second kappa shape index (κ2) is 8.60. The second-order valence-electron chi connectivity index (χ2n) is 7.68. The summed E-state index contributed by atoms with van der Waals surface area (Å²) in [7, 11) is 0. The quantitative estimate of drug-likeness (QED) is 0.560. The molecule has 1 saturated heterocycles. The Labute approximate surface area is 171 Å². The Morgan fingerprint density at radius 3 is 2.45 bits per heavy atom. The van der Waals surface area contributed by atoms with E-state index in [9.17, 15) is 4.79 Å². The Morgan fingerprint density at radius 1 is 1.03 bits per heavy atom. The van der Waals surface area contributed by atoms with E-state index in [1.165, 1.54) is 24.0 Å². The molecule has 1 unspecified atom stereocenters. The van der Waals surface area contributed by atoms with Gasteiger partial charge in [-0.15, -0.1) is 0 Å². The van der Waals surface area contributed by atoms with Gasteiger partial charge in [0, 0.05) is 30.1 Å². The van der Waals surface area contributed by atoms with Crippen LogP contribution in [0.4, 0.5) is 5.69 Å². The van der Waals surface area contributed by atoms with E-state index in [0.29, 0.717) is 24.7 Å². The summed E-state index contributed by atoms with van der Waals surface area (Å²) in [4.78, 5) is 19.0. The van der Waals surface area contributed by atoms with Gasteiger partial charge in [0.25, 0.3) is 5.89 Å². The molecule has 4 rings (SSSR count). The lowest BCUT2D eigenvalue weighted by Gasteiger charge is -2.16. The minimum atomic E-state index is -0.0466. The number of hydrogen-bond acceptors (Lipinski definition) is 4. The van der Waals surface area contributed by atoms with E-state index in [4.69, 9.17) is 4.52 Å². The van der Waals surface area contributed by atoms with E-state index in [2.05, 4.69) is 48.3 Å². The SMILES string of the molecule is CCCCc1ccc(N2CC(c3noc(-c4ccc(CC)cc4)n3)CC2=O)cc1. The Balaban J connectivity index is 1.46. The van der Waals surface area contributed by atoms with Crippen LogP contribution >= 0.6 is 0 Å². The minimum Gasteiger partial charge on any atom is -0.334 e. The van der Waals surface area contributed by atoms with Crippen molar-refractivity contribution in [2.75, 3.05) is 11.4 Å². The van der Waals surface area contributed by atoms with Crippen LogP contribution in [0.25, 0.3) is 11.5 Å². The molecule has 0 saturated carbocycles. The molecule has 0 N–H and O–H groups in total. The number of aryl methyl sites for hydroxylation is 2. The summed E-state index contributed by atoms with van der Waals surface area (Å²) in [5.41, 5.74) is 4.43. The second-order valence-corrected chi connectivity index (χ2v) is 7.68. The van der Waals surface area contributed by atoms with Crippen molar-refractivity contribution in [3.63, 3.8) is 0 Å². The van der Waals surface area contributed by atoms with Crippen molar-refractivity contribution in [2.45, 2.75) is 51.9 Å². The molecule has 0 radical (unpaired) electrons. The van der Waals surface area contributed by atoms with Gasteiger partial charge < -0.3 is 9.42 Å². The van der Waals surface area contributed by atoms with Crippen LogP contribution in [0.1, 0.15) is 56.0 Å². The van der Waals surface area contributed by atoms with Crippen LogP contribution in [0.15, 0.2) is 53.1 Å². The van der Waals surface area contributed by atoms with Gasteiger partial charge in [-0.05, 0) is 54.7 Å². The molecular formula is C24H27N3O2. The Hall–Kier alpha value is -2.95. The first-order valence-corrected chi connectivity index (χ1v) is 10.5. The lowest BCUT2D eigenvalue weighted by Crippen LogP contribution is -2.24. The molecule has 1 aliphatic heterocycles. The van der Waals surface area contributed by atoms with Gasteiger partial charge in [-0.1, -0.05) is 49.7 Å². The molecule has 5 nitrogen and oxygen atoms in total. The fourth-order valence-electron chi connectivity index (χ4n) is 3.75. The van der Waals surface area contributed by atoms with E-state index < -0.39 is 0 Å². The highest BCUT2D eigenvalue weighted by Crippen LogP contribution is 2.31. The van der Waals surface area contributed by atoms with Crippen molar-refractivity contribution in [3.8, 4) is 11.5 Å². The van der Waals surface area contributed by atoms with Gasteiger partial charge >= 0.3 is 0 Å². The van der Waals surface area contributed by atoms with Crippen molar-refractivity contribution in [2.24, 2.45) is 0 Å². The molecule has 3 aromatic rings. The van der Waals surface area contributed by atoms with Gasteiger partial charge in [-0.2, -0.15) is 4.98 Å². The summed E-state index contributed by atoms with van der Waals surface area (Å²) in [5.74, 6) is 1.17. The Kier molecular flexibility index (Phi) is 5.74. The zero-order valence-corrected chi connectivity index (χ0v) is 17.1. The first kappa shape index (κ1) is 19.4. The van der Waals surface area contributed by atoms with E-state index in [0.717, 1.165) is 24.1 Å². The predicted octanol–water partition coefficient (Wildman–Crippen LogP) is 5.16. The molecule has 0 bridgehead atoms. The third-order valence-electron chi connectivity index (χ3n) is 5.61. The van der Waals surface area contributed by atoms with Gasteiger partial charge in [0.2, 0.25) is 5.91 Å². The number of rotatable bonds is 7. The zero-order chi connectivity index (χ0) is 20.2. The number of unbranched alkanes of at least 4 members (excludes halogenated alkanes) is 1. The van der Waals surface area contributed by atoms with Crippen molar-refractivity contribution in [1.82, 2.24) is 10.1 Å². The van der Waals surface area contributed by atoms with Crippen LogP contribution in [-0.2, 0) is 17.6 Å². The highest BCUT2D eigenvalue weighted by Gasteiger charge is 2.34. The number of carbonyl (C=O) groups excluding carboxylic acids is 1. The molecule has 1 atom stereocenters. The van der Waals surface area contributed by atoms with E-state index in [1.807, 2.05) is 29.2 Å². The van der Waals surface area contributed by atoms with Crippen LogP contribution in [0, 0.1) is 0 Å². The molecule has 2 aromatic carbocycles. The molecule has 1 fully saturated rings. The number of benzene rings is 2. The van der Waals surface area contributed by atoms with E-state index in [1.54, 1.807) is 0 Å². The molecule has 0 aliphatic carbocycles. The monoisotopic (exact) mass is 389 g/mol. The topological polar surface area (TPSA) is 59.2 Å². The molecule has 2 heterocycles. The average Bonchev–Trinajstić information content (AvgIpc) is 3.40. The molecule has 1 aliphatic rings. The first-order valence-electron chi connectivity index (χ1n) is 10.5. The fourth-order valence-corrected chi connectivity index (χ4v) is 3.75. The Bertz CT molecular complexity index is 961. The lowest BCUT2D eigenvalue weighted by molar-refractivity contribution is -0.117. The molecule has 1 amide bonds. The maximum atomic E-state index is 12.6. The fraction of sp³-hybridized carbons (Fsp3) is 0.375. The van der Waals surface area contributed by atoms with Crippen LogP contribution in [0.5, 0.6) is 0 Å². The molecular weight excluding hydrogens is 362 g/mol. The summed E-state index contributed by atoms with van der Waals surface area (Å²) >= 11 is 0. The smallest absolute Gasteiger partial charge is 0.257 e. The first-order chi connectivity index (χ1) is 14.2. The number of nitrogens with zero attached hydrogens (tertiary/aromatic N) is 3. The van der Waals surface area contributed by atoms with E-state index >= 15 is 0 Å². The summed E-state index contributed by atoms with van der Waals surface area (Å²) in [5, 5.41) is 4.16. The standard InChI is InChI=1S/C24H27N3O2/c1-3-5-6-18-9-13-21(14-10-18)27-16-20(15-22(27)28)23-25-24(29-26-23)19-11-7-17(4-2)8-12-19/h7-14,20H,3-6,15-16H2,1-2H3. The number of aromatic nitrogens is 2. The van der Waals surface area contributed by atoms with Crippen LogP contribution in [0.2, 0.25) is 0 Å². The van der Waals surface area contributed by atoms with Gasteiger partial charge in [-0.25, -0.2) is 0 Å². The van der Waals surface area contributed by atoms with Crippen molar-refractivity contribution < 1.29 is 9.32 Å². The average molecular weight is 389 g/mol. The summed E-state index contributed by atoms with van der Waals surface area (Å²) in [6.45, 7) is 4.91. The van der Waals surface area contributed by atoms with Crippen LogP contribution < -0.4 is 4.90 Å². The normalized spacial score (nSPS) is 16.6. The molecule has 150 valence electrons. The number of carbonyl (C=O) groups is 1. The third kappa shape index (κ3) is 4.24. The maximum Gasteiger partial charge on any atom is 0.257 e. The van der Waals surface area contributed by atoms with Crippen LogP contribution in [0.3, 0.4) is 0 Å². The zero-order valence-electron chi connectivity index (χ0n) is 17.1. The predicted molar refractivity (Wildman–Crippen MR) is 114 cm³/mol. The van der Waals surface area contributed by atoms with Crippen molar-refractivity contribution in [1.29, 1.82) is 0 Å². The summed E-state index contributed by atoms with van der Waals surface area (Å²) in [6, 6.07) is 16.5. The van der Waals surface area contributed by atoms with Gasteiger partial charge in [0.15, 0.2) is 5.82 Å². The minimum absolute atomic E-state index is 0.0466. The number of hydrogen-bond donors (Lipinski definition) is 0. The number of amides is 1. The highest BCUT2D eigenvalue weighted by molar-refractivity contribution is 5.96.